The van der Waals surface area contributed by atoms with Crippen LogP contribution in [0.3, 0.4) is 0 Å². The van der Waals surface area contributed by atoms with Gasteiger partial charge in [0.2, 0.25) is 0 Å². The van der Waals surface area contributed by atoms with E-state index in [1.54, 1.807) is 0 Å². The van der Waals surface area contributed by atoms with Crippen LogP contribution >= 0.6 is 0 Å². The molecule has 1 N–H and O–H groups in total. The number of likely N-dealkylation sites (N-methyl/N-ethyl adjacent to an activating group) is 1. The van der Waals surface area contributed by atoms with Gasteiger partial charge in [0.05, 0.1) is 5.56 Å². The number of hydrogen-bond donors (Lipinski definition) is 1. The monoisotopic (exact) mass is 262 g/mol. The molecule has 0 saturated heterocycles. The summed E-state index contributed by atoms with van der Waals surface area (Å²) in [6, 6.07) is 2.02. The third-order valence-electron chi connectivity index (χ3n) is 2.78. The van der Waals surface area contributed by atoms with Gasteiger partial charge in [0.25, 0.3) is 0 Å². The van der Waals surface area contributed by atoms with Gasteiger partial charge in [-0.25, -0.2) is 9.78 Å². The smallest absolute Gasteiger partial charge is 0.417 e. The van der Waals surface area contributed by atoms with Gasteiger partial charge in [-0.3, -0.25) is 0 Å². The molecule has 4 nitrogen and oxygen atoms in total. The summed E-state index contributed by atoms with van der Waals surface area (Å²) in [7, 11) is 1.46. The number of carbonyl (C=O) groups is 1. The number of anilines is 1. The number of aliphatic carboxylic acids is 1. The molecular weight excluding hydrogens is 249 g/mol. The van der Waals surface area contributed by atoms with E-state index in [9.17, 15) is 18.0 Å². The molecule has 0 unspecified atom stereocenters. The lowest BCUT2D eigenvalue weighted by molar-refractivity contribution is -0.142. The van der Waals surface area contributed by atoms with E-state index in [0.29, 0.717) is 6.20 Å². The van der Waals surface area contributed by atoms with Crippen molar-refractivity contribution in [2.24, 2.45) is 0 Å². The number of hydrogen-bond acceptors (Lipinski definition) is 3. The molecule has 0 atom stereocenters. The number of alkyl halides is 3. The molecule has 0 aliphatic rings. The Bertz CT molecular complexity index is 441. The average molecular weight is 262 g/mol. The lowest BCUT2D eigenvalue weighted by atomic mass is 10.0. The molecule has 1 aromatic heterocycles. The van der Waals surface area contributed by atoms with E-state index in [4.69, 9.17) is 5.11 Å². The summed E-state index contributed by atoms with van der Waals surface area (Å²) in [5.74, 6) is -0.929. The fourth-order valence-electron chi connectivity index (χ4n) is 1.18. The van der Waals surface area contributed by atoms with Gasteiger partial charge in [-0.05, 0) is 26.0 Å². The van der Waals surface area contributed by atoms with Crippen LogP contribution in [0.1, 0.15) is 19.4 Å². The van der Waals surface area contributed by atoms with Gasteiger partial charge in [-0.1, -0.05) is 0 Å². The van der Waals surface area contributed by atoms with Crippen molar-refractivity contribution in [3.05, 3.63) is 23.9 Å². The molecule has 0 saturated carbocycles. The van der Waals surface area contributed by atoms with Crippen molar-refractivity contribution in [2.75, 3.05) is 11.9 Å². The van der Waals surface area contributed by atoms with E-state index in [-0.39, 0.29) is 5.82 Å². The van der Waals surface area contributed by atoms with Crippen molar-refractivity contribution in [3.63, 3.8) is 0 Å². The fraction of sp³-hybridized carbons (Fsp3) is 0.455. The summed E-state index contributed by atoms with van der Waals surface area (Å²) in [4.78, 5) is 15.9. The van der Waals surface area contributed by atoms with Crippen molar-refractivity contribution in [3.8, 4) is 0 Å². The van der Waals surface area contributed by atoms with Gasteiger partial charge >= 0.3 is 12.1 Å². The Labute approximate surface area is 102 Å². The quantitative estimate of drug-likeness (QED) is 0.908. The molecule has 1 heterocycles. The van der Waals surface area contributed by atoms with E-state index < -0.39 is 23.2 Å². The lowest BCUT2D eigenvalue weighted by Crippen LogP contribution is -2.48. The van der Waals surface area contributed by atoms with E-state index in [1.165, 1.54) is 25.8 Å². The molecular formula is C11H13F3N2O2. The summed E-state index contributed by atoms with van der Waals surface area (Å²) < 4.78 is 37.0. The van der Waals surface area contributed by atoms with Crippen molar-refractivity contribution in [1.82, 2.24) is 4.98 Å². The molecule has 7 heteroatoms. The van der Waals surface area contributed by atoms with Crippen molar-refractivity contribution in [2.45, 2.75) is 25.6 Å². The van der Waals surface area contributed by atoms with Crippen molar-refractivity contribution in [1.29, 1.82) is 0 Å². The second-order valence-corrected chi connectivity index (χ2v) is 4.33. The molecule has 0 amide bonds. The van der Waals surface area contributed by atoms with Gasteiger partial charge in [0.1, 0.15) is 11.4 Å². The number of rotatable bonds is 3. The standard InChI is InChI=1S/C11H13F3N2O2/c1-10(2,9(17)18)16(3)8-5-4-7(6-15-8)11(12,13)14/h4-6H,1-3H3,(H,17,18). The zero-order chi connectivity index (χ0) is 14.1. The molecule has 0 aromatic carbocycles. The van der Waals surface area contributed by atoms with Gasteiger partial charge in [-0.2, -0.15) is 13.2 Å². The second-order valence-electron chi connectivity index (χ2n) is 4.33. The molecule has 0 spiro atoms. The maximum Gasteiger partial charge on any atom is 0.417 e. The lowest BCUT2D eigenvalue weighted by Gasteiger charge is -2.32. The van der Waals surface area contributed by atoms with Crippen LogP contribution in [0.4, 0.5) is 19.0 Å². The van der Waals surface area contributed by atoms with E-state index in [0.717, 1.165) is 12.1 Å². The van der Waals surface area contributed by atoms with Crippen LogP contribution in [0.5, 0.6) is 0 Å². The number of halogens is 3. The number of pyridine rings is 1. The molecule has 0 aliphatic carbocycles. The van der Waals surface area contributed by atoms with E-state index >= 15 is 0 Å². The van der Waals surface area contributed by atoms with Gasteiger partial charge in [0, 0.05) is 13.2 Å². The van der Waals surface area contributed by atoms with Gasteiger partial charge in [-0.15, -0.1) is 0 Å². The summed E-state index contributed by atoms with van der Waals surface area (Å²) in [5.41, 5.74) is -2.12. The average Bonchev–Trinajstić information content (AvgIpc) is 2.26. The summed E-state index contributed by atoms with van der Waals surface area (Å²) in [5, 5.41) is 9.01. The Kier molecular flexibility index (Phi) is 3.54. The SMILES string of the molecule is CN(c1ccc(C(F)(F)F)cn1)C(C)(C)C(=O)O. The van der Waals surface area contributed by atoms with Gasteiger partial charge < -0.3 is 10.0 Å². The highest BCUT2D eigenvalue weighted by Crippen LogP contribution is 2.30. The Morgan fingerprint density at radius 3 is 2.22 bits per heavy atom. The van der Waals surface area contributed by atoms with E-state index in [2.05, 4.69) is 4.98 Å². The maximum absolute atomic E-state index is 12.3. The minimum absolute atomic E-state index is 0.162. The second kappa shape index (κ2) is 4.47. The molecule has 0 radical (unpaired) electrons. The maximum atomic E-state index is 12.3. The minimum Gasteiger partial charge on any atom is -0.480 e. The van der Waals surface area contributed by atoms with Crippen LogP contribution in [0.25, 0.3) is 0 Å². The Balaban J connectivity index is 3.03. The van der Waals surface area contributed by atoms with Crippen LogP contribution in [0.2, 0.25) is 0 Å². The summed E-state index contributed by atoms with van der Waals surface area (Å²) in [6.45, 7) is 2.88. The first-order chi connectivity index (χ1) is 8.06. The number of carboxylic acids is 1. The Morgan fingerprint density at radius 1 is 1.33 bits per heavy atom. The first kappa shape index (κ1) is 14.3. The first-order valence-electron chi connectivity index (χ1n) is 5.07. The summed E-state index contributed by atoms with van der Waals surface area (Å²) in [6.07, 6.45) is -3.77. The van der Waals surface area contributed by atoms with Crippen LogP contribution in [0, 0.1) is 0 Å². The number of aromatic nitrogens is 1. The van der Waals surface area contributed by atoms with Crippen LogP contribution < -0.4 is 4.90 Å². The molecule has 0 aliphatic heterocycles. The van der Waals surface area contributed by atoms with E-state index in [1.807, 2.05) is 0 Å². The first-order valence-corrected chi connectivity index (χ1v) is 5.07. The fourth-order valence-corrected chi connectivity index (χ4v) is 1.18. The zero-order valence-electron chi connectivity index (χ0n) is 10.1. The third kappa shape index (κ3) is 2.72. The Hall–Kier alpha value is -1.79. The molecule has 1 rings (SSSR count). The van der Waals surface area contributed by atoms with Gasteiger partial charge in [0.15, 0.2) is 0 Å². The zero-order valence-corrected chi connectivity index (χ0v) is 10.1. The summed E-state index contributed by atoms with van der Waals surface area (Å²) >= 11 is 0. The molecule has 0 bridgehead atoms. The Morgan fingerprint density at radius 2 is 1.89 bits per heavy atom. The highest BCUT2D eigenvalue weighted by atomic mass is 19.4. The van der Waals surface area contributed by atoms with Crippen LogP contribution in [-0.2, 0) is 11.0 Å². The predicted molar refractivity (Wildman–Crippen MR) is 59.4 cm³/mol. The topological polar surface area (TPSA) is 53.4 Å². The molecule has 18 heavy (non-hydrogen) atoms. The van der Waals surface area contributed by atoms with Crippen LogP contribution in [0.15, 0.2) is 18.3 Å². The third-order valence-corrected chi connectivity index (χ3v) is 2.78. The predicted octanol–water partition coefficient (Wildman–Crippen LogP) is 2.40. The number of nitrogens with zero attached hydrogens (tertiary/aromatic N) is 2. The highest BCUT2D eigenvalue weighted by Gasteiger charge is 2.34. The highest BCUT2D eigenvalue weighted by molar-refractivity contribution is 5.81. The molecule has 100 valence electrons. The molecule has 0 fully saturated rings. The normalized spacial score (nSPS) is 12.3. The van der Waals surface area contributed by atoms with Crippen molar-refractivity contribution >= 4 is 11.8 Å². The number of carboxylic acid groups (broad SMARTS) is 1. The largest absolute Gasteiger partial charge is 0.480 e. The van der Waals surface area contributed by atoms with Crippen molar-refractivity contribution < 1.29 is 23.1 Å². The minimum atomic E-state index is -4.45. The van der Waals surface area contributed by atoms with Crippen LogP contribution in [-0.4, -0.2) is 28.6 Å². The molecule has 1 aromatic rings.